The number of nitrogens with one attached hydrogen (secondary N) is 2. The van der Waals surface area contributed by atoms with Crippen LogP contribution >= 0.6 is 0 Å². The van der Waals surface area contributed by atoms with E-state index in [2.05, 4.69) is 10.6 Å². The van der Waals surface area contributed by atoms with Crippen molar-refractivity contribution in [1.29, 1.82) is 0 Å². The first-order chi connectivity index (χ1) is 16.9. The van der Waals surface area contributed by atoms with Gasteiger partial charge in [0.2, 0.25) is 5.91 Å². The first-order valence-corrected chi connectivity index (χ1v) is 11.9. The van der Waals surface area contributed by atoms with Crippen LogP contribution in [0.2, 0.25) is 0 Å². The Morgan fingerprint density at radius 2 is 1.49 bits per heavy atom. The van der Waals surface area contributed by atoms with Crippen molar-refractivity contribution in [3.63, 3.8) is 0 Å². The fourth-order valence-electron chi connectivity index (χ4n) is 3.98. The highest BCUT2D eigenvalue weighted by Crippen LogP contribution is 2.36. The molecule has 4 amide bonds. The van der Waals surface area contributed by atoms with Crippen LogP contribution in [0.1, 0.15) is 62.5 Å². The summed E-state index contributed by atoms with van der Waals surface area (Å²) in [6.07, 6.45) is -9.82. The van der Waals surface area contributed by atoms with Gasteiger partial charge < -0.3 is 20.4 Å². The average molecular weight is 539 g/mol. The monoisotopic (exact) mass is 538 g/mol. The number of carbonyl (C=O) groups excluding carboxylic acids is 3. The summed E-state index contributed by atoms with van der Waals surface area (Å²) in [4.78, 5) is 41.6. The maximum absolute atomic E-state index is 13.3. The zero-order valence-electron chi connectivity index (χ0n) is 21.3. The van der Waals surface area contributed by atoms with Crippen LogP contribution in [0.25, 0.3) is 0 Å². The van der Waals surface area contributed by atoms with Gasteiger partial charge >= 0.3 is 18.4 Å². The van der Waals surface area contributed by atoms with Crippen molar-refractivity contribution in [1.82, 2.24) is 20.4 Å². The van der Waals surface area contributed by atoms with Gasteiger partial charge in [0.25, 0.3) is 5.91 Å². The molecule has 0 aliphatic carbocycles. The van der Waals surface area contributed by atoms with Crippen LogP contribution in [0.5, 0.6) is 0 Å². The summed E-state index contributed by atoms with van der Waals surface area (Å²) in [5.74, 6) is -2.22. The molecule has 0 radical (unpaired) electrons. The molecule has 1 aromatic carbocycles. The zero-order chi connectivity index (χ0) is 28.3. The molecule has 37 heavy (non-hydrogen) atoms. The number of hydrogen-bond acceptors (Lipinski definition) is 3. The van der Waals surface area contributed by atoms with Crippen LogP contribution in [0.4, 0.5) is 31.1 Å². The van der Waals surface area contributed by atoms with Gasteiger partial charge in [0.1, 0.15) is 6.04 Å². The van der Waals surface area contributed by atoms with Crippen LogP contribution in [-0.4, -0.2) is 65.4 Å². The summed E-state index contributed by atoms with van der Waals surface area (Å²) >= 11 is 0. The molecule has 0 saturated carbocycles. The van der Waals surface area contributed by atoms with Crippen LogP contribution in [-0.2, 0) is 17.1 Å². The number of piperazine rings is 1. The topological polar surface area (TPSA) is 81.8 Å². The molecular formula is C24H32F6N4O3. The van der Waals surface area contributed by atoms with Gasteiger partial charge in [0.05, 0.1) is 11.1 Å². The smallest absolute Gasteiger partial charge is 0.340 e. The lowest BCUT2D eigenvalue weighted by Gasteiger charge is -2.41. The fourth-order valence-corrected chi connectivity index (χ4v) is 3.98. The number of alkyl halides is 6. The molecule has 0 aromatic heterocycles. The minimum absolute atomic E-state index is 0.0651. The maximum Gasteiger partial charge on any atom is 0.416 e. The Balaban J connectivity index is 2.27. The lowest BCUT2D eigenvalue weighted by molar-refractivity contribution is -0.143. The molecule has 2 rings (SSSR count). The zero-order valence-corrected chi connectivity index (χ0v) is 21.3. The minimum atomic E-state index is -5.11. The second-order valence-corrected chi connectivity index (χ2v) is 9.56. The van der Waals surface area contributed by atoms with E-state index >= 15 is 0 Å². The van der Waals surface area contributed by atoms with Crippen molar-refractivity contribution in [3.8, 4) is 0 Å². The quantitative estimate of drug-likeness (QED) is 0.523. The van der Waals surface area contributed by atoms with Gasteiger partial charge in [-0.25, -0.2) is 4.79 Å². The van der Waals surface area contributed by atoms with E-state index in [-0.39, 0.29) is 43.8 Å². The van der Waals surface area contributed by atoms with E-state index in [9.17, 15) is 40.7 Å². The highest BCUT2D eigenvalue weighted by Gasteiger charge is 2.39. The molecule has 3 unspecified atom stereocenters. The summed E-state index contributed by atoms with van der Waals surface area (Å²) in [5.41, 5.74) is -4.10. The van der Waals surface area contributed by atoms with Crippen molar-refractivity contribution < 1.29 is 40.7 Å². The van der Waals surface area contributed by atoms with Gasteiger partial charge in [-0.2, -0.15) is 26.3 Å². The van der Waals surface area contributed by atoms with Crippen molar-refractivity contribution in [3.05, 3.63) is 34.9 Å². The molecule has 3 atom stereocenters. The molecule has 1 aliphatic heterocycles. The van der Waals surface area contributed by atoms with E-state index in [1.165, 1.54) is 4.90 Å². The van der Waals surface area contributed by atoms with Crippen molar-refractivity contribution in [2.75, 3.05) is 19.6 Å². The van der Waals surface area contributed by atoms with E-state index in [0.717, 1.165) is 0 Å². The molecule has 0 bridgehead atoms. The van der Waals surface area contributed by atoms with Crippen molar-refractivity contribution in [2.45, 2.75) is 71.5 Å². The third-order valence-electron chi connectivity index (χ3n) is 6.23. The van der Waals surface area contributed by atoms with E-state index in [0.29, 0.717) is 18.6 Å². The molecule has 1 aliphatic rings. The number of amides is 4. The van der Waals surface area contributed by atoms with Crippen LogP contribution < -0.4 is 10.6 Å². The van der Waals surface area contributed by atoms with Gasteiger partial charge in [0.15, 0.2) is 0 Å². The standard InChI is InChI=1S/C24H32F6N4O3/c1-6-14(4)19(21(36)33-7-8-34(15(5)12-33)22(37)31-13(2)3)32-20(35)16-9-17(23(25,26)27)11-18(10-16)24(28,29)30/h9-11,13-15,19H,6-8,12H2,1-5H3,(H,31,37)(H,32,35). The molecule has 1 fully saturated rings. The Labute approximate surface area is 211 Å². The number of benzene rings is 1. The summed E-state index contributed by atoms with van der Waals surface area (Å²) < 4.78 is 79.3. The van der Waals surface area contributed by atoms with E-state index in [4.69, 9.17) is 0 Å². The Bertz CT molecular complexity index is 963. The summed E-state index contributed by atoms with van der Waals surface area (Å²) in [5, 5.41) is 5.13. The lowest BCUT2D eigenvalue weighted by Crippen LogP contribution is -2.61. The predicted molar refractivity (Wildman–Crippen MR) is 124 cm³/mol. The van der Waals surface area contributed by atoms with Crippen LogP contribution in [0, 0.1) is 5.92 Å². The van der Waals surface area contributed by atoms with Gasteiger partial charge in [0, 0.05) is 37.3 Å². The fraction of sp³-hybridized carbons (Fsp3) is 0.625. The Hall–Kier alpha value is -2.99. The van der Waals surface area contributed by atoms with Crippen LogP contribution in [0.15, 0.2) is 18.2 Å². The second-order valence-electron chi connectivity index (χ2n) is 9.56. The molecule has 7 nitrogen and oxygen atoms in total. The molecule has 13 heteroatoms. The first kappa shape index (κ1) is 30.2. The molecule has 2 N–H and O–H groups in total. The second kappa shape index (κ2) is 11.6. The van der Waals surface area contributed by atoms with E-state index < -0.39 is 52.8 Å². The Kier molecular flexibility index (Phi) is 9.48. The summed E-state index contributed by atoms with van der Waals surface area (Å²) in [6.45, 7) is 9.26. The number of urea groups is 1. The average Bonchev–Trinajstić information content (AvgIpc) is 2.79. The van der Waals surface area contributed by atoms with Gasteiger partial charge in [-0.05, 0) is 44.9 Å². The number of hydrogen-bond donors (Lipinski definition) is 2. The third kappa shape index (κ3) is 7.75. The Morgan fingerprint density at radius 3 is 1.92 bits per heavy atom. The summed E-state index contributed by atoms with van der Waals surface area (Å²) in [7, 11) is 0. The van der Waals surface area contributed by atoms with Crippen molar-refractivity contribution in [2.24, 2.45) is 5.92 Å². The molecule has 0 spiro atoms. The molecule has 208 valence electrons. The highest BCUT2D eigenvalue weighted by atomic mass is 19.4. The van der Waals surface area contributed by atoms with Crippen LogP contribution in [0.3, 0.4) is 0 Å². The van der Waals surface area contributed by atoms with Gasteiger partial charge in [-0.3, -0.25) is 9.59 Å². The van der Waals surface area contributed by atoms with E-state index in [1.807, 2.05) is 13.8 Å². The largest absolute Gasteiger partial charge is 0.416 e. The SMILES string of the molecule is CCC(C)C(NC(=O)c1cc(C(F)(F)F)cc(C(F)(F)F)c1)C(=O)N1CCN(C(=O)NC(C)C)C(C)C1. The predicted octanol–water partition coefficient (Wildman–Crippen LogP) is 4.52. The molecule has 1 heterocycles. The van der Waals surface area contributed by atoms with Crippen molar-refractivity contribution >= 4 is 17.8 Å². The number of nitrogens with zero attached hydrogens (tertiary/aromatic N) is 2. The summed E-state index contributed by atoms with van der Waals surface area (Å²) in [6, 6.07) is -1.32. The Morgan fingerprint density at radius 1 is 0.946 bits per heavy atom. The minimum Gasteiger partial charge on any atom is -0.340 e. The lowest BCUT2D eigenvalue weighted by atomic mass is 9.96. The highest BCUT2D eigenvalue weighted by molar-refractivity contribution is 5.98. The normalized spacial score (nSPS) is 18.4. The van der Waals surface area contributed by atoms with E-state index in [1.54, 1.807) is 25.7 Å². The van der Waals surface area contributed by atoms with Gasteiger partial charge in [-0.1, -0.05) is 20.3 Å². The number of halogens is 6. The maximum atomic E-state index is 13.3. The first-order valence-electron chi connectivity index (χ1n) is 11.9. The van der Waals surface area contributed by atoms with Gasteiger partial charge in [-0.15, -0.1) is 0 Å². The number of rotatable bonds is 6. The molecular weight excluding hydrogens is 506 g/mol. The third-order valence-corrected chi connectivity index (χ3v) is 6.23. The molecule has 1 saturated heterocycles. The number of carbonyl (C=O) groups is 3. The molecule has 1 aromatic rings.